The third-order valence-corrected chi connectivity index (χ3v) is 11.3. The number of nitrogens with zero attached hydrogens (tertiary/aromatic N) is 3. The van der Waals surface area contributed by atoms with Gasteiger partial charge < -0.3 is 14.2 Å². The van der Waals surface area contributed by atoms with Crippen LogP contribution in [0, 0.1) is 20.8 Å². The van der Waals surface area contributed by atoms with Crippen molar-refractivity contribution in [1.29, 1.82) is 0 Å². The Balaban J connectivity index is 2.05. The Hall–Kier alpha value is -2.89. The number of carbonyl (C=O) groups excluding carboxylic acids is 2. The molecule has 0 spiro atoms. The lowest BCUT2D eigenvalue weighted by Crippen LogP contribution is -2.32. The zero-order valence-electron chi connectivity index (χ0n) is 20.7. The molecule has 8 heteroatoms. The lowest BCUT2D eigenvalue weighted by Gasteiger charge is -2.31. The van der Waals surface area contributed by atoms with Gasteiger partial charge in [0.25, 0.3) is 5.91 Å². The molecule has 1 aliphatic rings. The average molecular weight is 496 g/mol. The maximum absolute atomic E-state index is 14.0. The first-order valence-corrected chi connectivity index (χ1v) is 14.0. The zero-order valence-corrected chi connectivity index (χ0v) is 22.4. The van der Waals surface area contributed by atoms with E-state index < -0.39 is 6.19 Å². The molecule has 3 aromatic rings. The highest BCUT2D eigenvalue weighted by atomic mass is 32.4. The van der Waals surface area contributed by atoms with Gasteiger partial charge in [0.2, 0.25) is 0 Å². The Kier molecular flexibility index (Phi) is 6.21. The number of hydrogen-bond acceptors (Lipinski definition) is 5. The van der Waals surface area contributed by atoms with Crippen molar-refractivity contribution in [2.24, 2.45) is 7.05 Å². The van der Waals surface area contributed by atoms with E-state index in [-0.39, 0.29) is 11.9 Å². The lowest BCUT2D eigenvalue weighted by molar-refractivity contribution is 0.0524. The van der Waals surface area contributed by atoms with Gasteiger partial charge in [0.05, 0.1) is 23.2 Å². The number of esters is 1. The first-order chi connectivity index (χ1) is 16.0. The van der Waals surface area contributed by atoms with Crippen LogP contribution in [-0.2, 0) is 23.6 Å². The Morgan fingerprint density at radius 2 is 1.74 bits per heavy atom. The normalized spacial score (nSPS) is 17.1. The molecule has 0 radical (unpaired) electrons. The van der Waals surface area contributed by atoms with E-state index in [9.17, 15) is 9.59 Å². The van der Waals surface area contributed by atoms with Crippen LogP contribution < -0.4 is 20.3 Å². The number of anilines is 2. The molecule has 1 aromatic heterocycles. The minimum Gasteiger partial charge on any atom is -0.462 e. The molecule has 0 bridgehead atoms. The van der Waals surface area contributed by atoms with E-state index in [2.05, 4.69) is 0 Å². The quantitative estimate of drug-likeness (QED) is 0.392. The number of fused-ring (bicyclic) bond motifs is 1. The predicted molar refractivity (Wildman–Crippen MR) is 143 cm³/mol. The molecule has 0 saturated carbocycles. The van der Waals surface area contributed by atoms with E-state index in [1.54, 1.807) is 11.6 Å². The summed E-state index contributed by atoms with van der Waals surface area (Å²) in [6.07, 6.45) is -2.85. The van der Waals surface area contributed by atoms with Gasteiger partial charge in [0.1, 0.15) is 6.19 Å². The molecular weight excluding hydrogens is 465 g/mol. The second-order valence-electron chi connectivity index (χ2n) is 8.81. The molecule has 1 aliphatic heterocycles. The van der Waals surface area contributed by atoms with Crippen molar-refractivity contribution in [1.82, 2.24) is 4.57 Å². The van der Waals surface area contributed by atoms with Gasteiger partial charge in [-0.3, -0.25) is 9.46 Å². The first-order valence-electron chi connectivity index (χ1n) is 11.2. The van der Waals surface area contributed by atoms with Gasteiger partial charge in [0, 0.05) is 43.5 Å². The van der Waals surface area contributed by atoms with E-state index in [0.29, 0.717) is 17.7 Å². The number of aromatic nitrogens is 1. The largest absolute Gasteiger partial charge is 0.462 e. The molecule has 1 atom stereocenters. The van der Waals surface area contributed by atoms with Crippen LogP contribution in [0.4, 0.5) is 11.4 Å². The smallest absolute Gasteiger partial charge is 0.340 e. The summed E-state index contributed by atoms with van der Waals surface area (Å²) in [5.74, 6) is -0.474. The van der Waals surface area contributed by atoms with Crippen molar-refractivity contribution in [2.45, 2.75) is 27.7 Å². The molecule has 0 fully saturated rings. The van der Waals surface area contributed by atoms with Crippen molar-refractivity contribution in [2.75, 3.05) is 30.3 Å². The van der Waals surface area contributed by atoms with Crippen LogP contribution in [0.25, 0.3) is 0 Å². The summed E-state index contributed by atoms with van der Waals surface area (Å²) in [5, 5.41) is 0.845. The van der Waals surface area contributed by atoms with Gasteiger partial charge in [-0.2, -0.15) is 0 Å². The topological polar surface area (TPSA) is 54.8 Å². The average Bonchev–Trinajstić information content (AvgIpc) is 3.15. The molecule has 2 aromatic carbocycles. The molecule has 0 aliphatic carbocycles. The molecule has 178 valence electrons. The summed E-state index contributed by atoms with van der Waals surface area (Å²) >= 11 is 6.54. The van der Waals surface area contributed by atoms with Gasteiger partial charge in [-0.05, 0) is 63.6 Å². The molecule has 4 rings (SSSR count). The Bertz CT molecular complexity index is 1360. The standard InChI is InChI=1S/C26H30N3O3PS/c1-8-32-26(31)23-17(3)25(28(7)18(23)4)33(34)22-14-13-20(27(5)6)15-21(22)24(30)29(33)19-11-9-16(2)10-12-19/h9-15H,8H2,1-7H3. The predicted octanol–water partition coefficient (Wildman–Crippen LogP) is 4.20. The van der Waals surface area contributed by atoms with E-state index in [1.807, 2.05) is 93.8 Å². The van der Waals surface area contributed by atoms with Crippen molar-refractivity contribution in [3.8, 4) is 0 Å². The monoisotopic (exact) mass is 495 g/mol. The number of rotatable bonds is 5. The minimum absolute atomic E-state index is 0.109. The molecule has 1 amide bonds. The summed E-state index contributed by atoms with van der Waals surface area (Å²) in [6.45, 7) is 7.91. The molecule has 34 heavy (non-hydrogen) atoms. The van der Waals surface area contributed by atoms with E-state index in [4.69, 9.17) is 16.5 Å². The molecule has 1 unspecified atom stereocenters. The summed E-state index contributed by atoms with van der Waals surface area (Å²) in [6, 6.07) is 13.8. The second kappa shape index (κ2) is 8.71. The third kappa shape index (κ3) is 3.50. The van der Waals surface area contributed by atoms with Crippen LogP contribution >= 0.6 is 6.19 Å². The van der Waals surface area contributed by atoms with Crippen molar-refractivity contribution in [3.63, 3.8) is 0 Å². The highest BCUT2D eigenvalue weighted by Gasteiger charge is 2.47. The Morgan fingerprint density at radius 1 is 1.09 bits per heavy atom. The summed E-state index contributed by atoms with van der Waals surface area (Å²) < 4.78 is 9.12. The fraction of sp³-hybridized carbons (Fsp3) is 0.308. The summed E-state index contributed by atoms with van der Waals surface area (Å²) in [4.78, 5) is 28.8. The Morgan fingerprint density at radius 3 is 2.32 bits per heavy atom. The van der Waals surface area contributed by atoms with Crippen molar-refractivity contribution >= 4 is 52.0 Å². The highest BCUT2D eigenvalue weighted by Crippen LogP contribution is 2.57. The van der Waals surface area contributed by atoms with Gasteiger partial charge in [-0.1, -0.05) is 29.5 Å². The maximum atomic E-state index is 14.0. The van der Waals surface area contributed by atoms with Gasteiger partial charge in [-0.25, -0.2) is 4.79 Å². The Labute approximate surface area is 206 Å². The SMILES string of the molecule is CCOC(=O)c1c(C)c(P2(=S)c3ccc(N(C)C)cc3C(=O)N2c2ccc(C)cc2)n(C)c1C. The number of hydrogen-bond donors (Lipinski definition) is 0. The van der Waals surface area contributed by atoms with E-state index in [1.165, 1.54) is 0 Å². The van der Waals surface area contributed by atoms with E-state index in [0.717, 1.165) is 38.9 Å². The van der Waals surface area contributed by atoms with Crippen LogP contribution in [0.3, 0.4) is 0 Å². The molecular formula is C26H30N3O3PS. The fourth-order valence-electron chi connectivity index (χ4n) is 4.66. The van der Waals surface area contributed by atoms with Gasteiger partial charge in [-0.15, -0.1) is 0 Å². The van der Waals surface area contributed by atoms with Crippen LogP contribution in [0.15, 0.2) is 42.5 Å². The lowest BCUT2D eigenvalue weighted by atomic mass is 10.1. The second-order valence-corrected chi connectivity index (χ2v) is 12.9. The number of benzene rings is 2. The summed E-state index contributed by atoms with van der Waals surface area (Å²) in [7, 11) is 5.81. The zero-order chi connectivity index (χ0) is 24.9. The summed E-state index contributed by atoms with van der Waals surface area (Å²) in [5.41, 5.74) is 6.33. The van der Waals surface area contributed by atoms with Crippen molar-refractivity contribution in [3.05, 3.63) is 70.4 Å². The van der Waals surface area contributed by atoms with Crippen molar-refractivity contribution < 1.29 is 14.3 Å². The molecule has 0 N–H and O–H groups in total. The maximum Gasteiger partial charge on any atom is 0.340 e. The third-order valence-electron chi connectivity index (χ3n) is 6.47. The molecule has 0 saturated heterocycles. The van der Waals surface area contributed by atoms with Gasteiger partial charge in [0.15, 0.2) is 0 Å². The number of aryl methyl sites for hydroxylation is 1. The van der Waals surface area contributed by atoms with Crippen LogP contribution in [0.2, 0.25) is 0 Å². The fourth-order valence-corrected chi connectivity index (χ4v) is 9.76. The van der Waals surface area contributed by atoms with Gasteiger partial charge >= 0.3 is 5.97 Å². The molecule has 6 nitrogen and oxygen atoms in total. The van der Waals surface area contributed by atoms with E-state index >= 15 is 0 Å². The number of ether oxygens (including phenoxy) is 1. The van der Waals surface area contributed by atoms with Crippen LogP contribution in [0.1, 0.15) is 44.5 Å². The molecule has 2 heterocycles. The van der Waals surface area contributed by atoms with Crippen LogP contribution in [0.5, 0.6) is 0 Å². The van der Waals surface area contributed by atoms with Crippen LogP contribution in [-0.4, -0.2) is 37.1 Å². The number of amides is 1. The highest BCUT2D eigenvalue weighted by molar-refractivity contribution is 8.23. The minimum atomic E-state index is -2.85. The first kappa shape index (κ1) is 24.2. The number of carbonyl (C=O) groups is 2.